The lowest BCUT2D eigenvalue weighted by molar-refractivity contribution is -0.144. The molecule has 3 rings (SSSR count). The zero-order chi connectivity index (χ0) is 16.2. The fourth-order valence-electron chi connectivity index (χ4n) is 2.67. The number of aryl methyl sites for hydroxylation is 1. The lowest BCUT2D eigenvalue weighted by Gasteiger charge is -2.17. The molecule has 0 fully saturated rings. The van der Waals surface area contributed by atoms with E-state index in [2.05, 4.69) is 0 Å². The Hall–Kier alpha value is -2.81. The van der Waals surface area contributed by atoms with Crippen molar-refractivity contribution in [2.24, 2.45) is 0 Å². The number of ether oxygens (including phenoxy) is 1. The van der Waals surface area contributed by atoms with Crippen molar-refractivity contribution < 1.29 is 14.6 Å². The standard InChI is InChI=1S/C20H18O3/c1-14-7-2-3-9-16(14)13-19(20(21)22)23-18-12-6-10-15-8-4-5-11-17(15)18/h2-12,19H,13H2,1H3,(H,21,22)/t19-/m1/s1. The Labute approximate surface area is 135 Å². The van der Waals surface area contributed by atoms with Gasteiger partial charge in [0, 0.05) is 11.8 Å². The Kier molecular flexibility index (Phi) is 4.29. The van der Waals surface area contributed by atoms with Crippen molar-refractivity contribution in [3.05, 3.63) is 77.9 Å². The van der Waals surface area contributed by atoms with Gasteiger partial charge in [-0.05, 0) is 29.5 Å². The Morgan fingerprint density at radius 1 is 1.00 bits per heavy atom. The third-order valence-corrected chi connectivity index (χ3v) is 3.96. The number of hydrogen-bond acceptors (Lipinski definition) is 2. The molecule has 1 atom stereocenters. The third kappa shape index (κ3) is 3.34. The second-order valence-corrected chi connectivity index (χ2v) is 5.55. The van der Waals surface area contributed by atoms with E-state index in [0.29, 0.717) is 12.2 Å². The number of carboxylic acid groups (broad SMARTS) is 1. The average Bonchev–Trinajstić information content (AvgIpc) is 2.56. The Balaban J connectivity index is 1.90. The Morgan fingerprint density at radius 3 is 2.48 bits per heavy atom. The molecule has 0 saturated heterocycles. The highest BCUT2D eigenvalue weighted by molar-refractivity contribution is 5.88. The molecule has 23 heavy (non-hydrogen) atoms. The molecule has 0 aliphatic rings. The van der Waals surface area contributed by atoms with E-state index in [1.807, 2.05) is 73.7 Å². The van der Waals surface area contributed by atoms with Crippen LogP contribution in [0.4, 0.5) is 0 Å². The summed E-state index contributed by atoms with van der Waals surface area (Å²) in [4.78, 5) is 11.6. The first-order valence-corrected chi connectivity index (χ1v) is 7.57. The number of fused-ring (bicyclic) bond motifs is 1. The van der Waals surface area contributed by atoms with Gasteiger partial charge in [-0.15, -0.1) is 0 Å². The first-order valence-electron chi connectivity index (χ1n) is 7.57. The molecule has 0 spiro atoms. The molecule has 0 unspecified atom stereocenters. The predicted molar refractivity (Wildman–Crippen MR) is 90.9 cm³/mol. The maximum absolute atomic E-state index is 11.6. The van der Waals surface area contributed by atoms with Crippen molar-refractivity contribution in [3.63, 3.8) is 0 Å². The van der Waals surface area contributed by atoms with Gasteiger partial charge < -0.3 is 9.84 Å². The number of carboxylic acids is 1. The molecule has 0 aliphatic carbocycles. The maximum Gasteiger partial charge on any atom is 0.345 e. The molecule has 3 aromatic carbocycles. The van der Waals surface area contributed by atoms with Gasteiger partial charge in [0.05, 0.1) is 0 Å². The summed E-state index contributed by atoms with van der Waals surface area (Å²) in [7, 11) is 0. The number of hydrogen-bond donors (Lipinski definition) is 1. The van der Waals surface area contributed by atoms with Crippen LogP contribution in [-0.4, -0.2) is 17.2 Å². The van der Waals surface area contributed by atoms with Crippen LogP contribution in [0, 0.1) is 6.92 Å². The lowest BCUT2D eigenvalue weighted by atomic mass is 10.0. The van der Waals surface area contributed by atoms with E-state index >= 15 is 0 Å². The van der Waals surface area contributed by atoms with Crippen LogP contribution >= 0.6 is 0 Å². The van der Waals surface area contributed by atoms with Gasteiger partial charge in [0.25, 0.3) is 0 Å². The first kappa shape index (κ1) is 15.1. The summed E-state index contributed by atoms with van der Waals surface area (Å²) in [5, 5.41) is 11.5. The highest BCUT2D eigenvalue weighted by Crippen LogP contribution is 2.27. The SMILES string of the molecule is Cc1ccccc1C[C@@H](Oc1cccc2ccccc12)C(=O)O. The van der Waals surface area contributed by atoms with Crippen LogP contribution in [-0.2, 0) is 11.2 Å². The Bertz CT molecular complexity index is 834. The molecule has 0 saturated carbocycles. The van der Waals surface area contributed by atoms with Gasteiger partial charge in [-0.2, -0.15) is 0 Å². The van der Waals surface area contributed by atoms with Crippen LogP contribution in [0.5, 0.6) is 5.75 Å². The summed E-state index contributed by atoms with van der Waals surface area (Å²) in [5.74, 6) is -0.356. The summed E-state index contributed by atoms with van der Waals surface area (Å²) in [6, 6.07) is 21.3. The minimum Gasteiger partial charge on any atom is -0.478 e. The first-order chi connectivity index (χ1) is 11.1. The maximum atomic E-state index is 11.6. The molecule has 0 heterocycles. The van der Waals surface area contributed by atoms with Crippen molar-refractivity contribution >= 4 is 16.7 Å². The van der Waals surface area contributed by atoms with Crippen LogP contribution in [0.2, 0.25) is 0 Å². The normalized spacial score (nSPS) is 12.0. The summed E-state index contributed by atoms with van der Waals surface area (Å²) in [6.45, 7) is 1.98. The monoisotopic (exact) mass is 306 g/mol. The summed E-state index contributed by atoms with van der Waals surface area (Å²) in [6.07, 6.45) is -0.576. The van der Waals surface area contributed by atoms with Crippen LogP contribution in [0.25, 0.3) is 10.8 Å². The Morgan fingerprint density at radius 2 is 1.70 bits per heavy atom. The summed E-state index contributed by atoms with van der Waals surface area (Å²) >= 11 is 0. The summed E-state index contributed by atoms with van der Waals surface area (Å²) in [5.41, 5.74) is 2.06. The van der Waals surface area contributed by atoms with Crippen LogP contribution < -0.4 is 4.74 Å². The van der Waals surface area contributed by atoms with E-state index in [1.54, 1.807) is 0 Å². The van der Waals surface area contributed by atoms with Crippen LogP contribution in [0.15, 0.2) is 66.7 Å². The number of aliphatic carboxylic acids is 1. The molecule has 0 bridgehead atoms. The molecule has 3 heteroatoms. The van der Waals surface area contributed by atoms with E-state index in [4.69, 9.17) is 4.74 Å². The zero-order valence-corrected chi connectivity index (χ0v) is 12.9. The molecule has 3 nitrogen and oxygen atoms in total. The lowest BCUT2D eigenvalue weighted by Crippen LogP contribution is -2.29. The zero-order valence-electron chi connectivity index (χ0n) is 12.9. The van der Waals surface area contributed by atoms with Gasteiger partial charge in [-0.3, -0.25) is 0 Å². The minimum absolute atomic E-state index is 0.339. The topological polar surface area (TPSA) is 46.5 Å². The molecule has 0 amide bonds. The average molecular weight is 306 g/mol. The fraction of sp³-hybridized carbons (Fsp3) is 0.150. The van der Waals surface area contributed by atoms with Crippen molar-refractivity contribution in [3.8, 4) is 5.75 Å². The van der Waals surface area contributed by atoms with E-state index in [1.165, 1.54) is 0 Å². The van der Waals surface area contributed by atoms with Gasteiger partial charge >= 0.3 is 5.97 Å². The van der Waals surface area contributed by atoms with Gasteiger partial charge in [0.15, 0.2) is 6.10 Å². The molecule has 116 valence electrons. The second kappa shape index (κ2) is 6.53. The quantitative estimate of drug-likeness (QED) is 0.767. The van der Waals surface area contributed by atoms with Gasteiger partial charge in [-0.1, -0.05) is 60.7 Å². The predicted octanol–water partition coefficient (Wildman–Crippen LogP) is 4.22. The van der Waals surface area contributed by atoms with Gasteiger partial charge in [-0.25, -0.2) is 4.79 Å². The molecule has 3 aromatic rings. The van der Waals surface area contributed by atoms with Crippen LogP contribution in [0.3, 0.4) is 0 Å². The van der Waals surface area contributed by atoms with E-state index in [0.717, 1.165) is 21.9 Å². The van der Waals surface area contributed by atoms with Crippen molar-refractivity contribution in [2.45, 2.75) is 19.4 Å². The number of carbonyl (C=O) groups is 1. The van der Waals surface area contributed by atoms with Crippen molar-refractivity contribution in [2.75, 3.05) is 0 Å². The molecule has 0 aliphatic heterocycles. The molecular formula is C20H18O3. The summed E-state index contributed by atoms with van der Waals surface area (Å²) < 4.78 is 5.85. The molecular weight excluding hydrogens is 288 g/mol. The fourth-order valence-corrected chi connectivity index (χ4v) is 2.67. The van der Waals surface area contributed by atoms with E-state index < -0.39 is 12.1 Å². The highest BCUT2D eigenvalue weighted by atomic mass is 16.5. The smallest absolute Gasteiger partial charge is 0.345 e. The van der Waals surface area contributed by atoms with Crippen molar-refractivity contribution in [1.82, 2.24) is 0 Å². The number of benzene rings is 3. The van der Waals surface area contributed by atoms with E-state index in [-0.39, 0.29) is 0 Å². The van der Waals surface area contributed by atoms with E-state index in [9.17, 15) is 9.90 Å². The largest absolute Gasteiger partial charge is 0.478 e. The van der Waals surface area contributed by atoms with Crippen molar-refractivity contribution in [1.29, 1.82) is 0 Å². The highest BCUT2D eigenvalue weighted by Gasteiger charge is 2.21. The van der Waals surface area contributed by atoms with Gasteiger partial charge in [0.1, 0.15) is 5.75 Å². The minimum atomic E-state index is -0.957. The molecule has 1 N–H and O–H groups in total. The number of rotatable bonds is 5. The second-order valence-electron chi connectivity index (χ2n) is 5.55. The molecule has 0 aromatic heterocycles. The molecule has 0 radical (unpaired) electrons. The van der Waals surface area contributed by atoms with Crippen LogP contribution in [0.1, 0.15) is 11.1 Å². The third-order valence-electron chi connectivity index (χ3n) is 3.96. The van der Waals surface area contributed by atoms with Gasteiger partial charge in [0.2, 0.25) is 0 Å².